The molecule has 0 bridgehead atoms. The molecule has 156 valence electrons. The Bertz CT molecular complexity index is 1250. The normalized spacial score (nSPS) is 11.2. The van der Waals surface area contributed by atoms with Crippen LogP contribution in [0, 0.1) is 5.82 Å². The summed E-state index contributed by atoms with van der Waals surface area (Å²) in [5.41, 5.74) is 5.45. The summed E-state index contributed by atoms with van der Waals surface area (Å²) < 4.78 is 18.9. The van der Waals surface area contributed by atoms with Crippen molar-refractivity contribution in [2.24, 2.45) is 5.10 Å². The largest absolute Gasteiger partial charge is 0.497 e. The summed E-state index contributed by atoms with van der Waals surface area (Å²) in [7, 11) is 1.63. The highest BCUT2D eigenvalue weighted by atomic mass is 35.5. The number of aromatic nitrogens is 2. The van der Waals surface area contributed by atoms with Crippen LogP contribution < -0.4 is 10.2 Å². The number of fused-ring (bicyclic) bond motifs is 1. The number of hydrogen-bond acceptors (Lipinski definition) is 4. The lowest BCUT2D eigenvalue weighted by atomic mass is 10.1. The van der Waals surface area contributed by atoms with Crippen LogP contribution in [0.3, 0.4) is 0 Å². The molecule has 6 nitrogen and oxygen atoms in total. The van der Waals surface area contributed by atoms with E-state index in [1.54, 1.807) is 31.4 Å². The molecule has 0 aliphatic rings. The molecule has 0 aliphatic carbocycles. The van der Waals surface area contributed by atoms with Crippen molar-refractivity contribution >= 4 is 34.8 Å². The van der Waals surface area contributed by atoms with Crippen molar-refractivity contribution in [1.82, 2.24) is 15.4 Å². The van der Waals surface area contributed by atoms with Crippen LogP contribution in [0.5, 0.6) is 5.75 Å². The number of amides is 1. The van der Waals surface area contributed by atoms with Gasteiger partial charge in [0.25, 0.3) is 5.91 Å². The highest BCUT2D eigenvalue weighted by Crippen LogP contribution is 2.18. The molecule has 3 aromatic carbocycles. The van der Waals surface area contributed by atoms with Gasteiger partial charge in [-0.15, -0.1) is 0 Å². The van der Waals surface area contributed by atoms with Crippen LogP contribution in [0.15, 0.2) is 65.8 Å². The van der Waals surface area contributed by atoms with E-state index >= 15 is 0 Å². The Morgan fingerprint density at radius 2 is 2.03 bits per heavy atom. The topological polar surface area (TPSA) is 79.4 Å². The number of aromatic amines is 1. The minimum absolute atomic E-state index is 0.108. The maximum atomic E-state index is 13.8. The molecule has 0 aliphatic heterocycles. The molecule has 0 atom stereocenters. The van der Waals surface area contributed by atoms with E-state index in [1.807, 2.05) is 24.3 Å². The van der Waals surface area contributed by atoms with Crippen molar-refractivity contribution in [3.8, 4) is 5.75 Å². The average Bonchev–Trinajstić information content (AvgIpc) is 3.17. The number of hydrogen-bond donors (Lipinski definition) is 2. The molecular formula is C23H18ClFN4O2. The molecule has 0 saturated carbocycles. The van der Waals surface area contributed by atoms with Crippen molar-refractivity contribution in [1.29, 1.82) is 0 Å². The Labute approximate surface area is 182 Å². The first-order valence-electron chi connectivity index (χ1n) is 9.42. The van der Waals surface area contributed by atoms with Gasteiger partial charge in [-0.05, 0) is 48.0 Å². The first-order valence-corrected chi connectivity index (χ1v) is 9.80. The molecule has 0 spiro atoms. The summed E-state index contributed by atoms with van der Waals surface area (Å²) in [6.07, 6.45) is 1.80. The van der Waals surface area contributed by atoms with Crippen LogP contribution >= 0.6 is 11.6 Å². The third kappa shape index (κ3) is 4.73. The van der Waals surface area contributed by atoms with Crippen LogP contribution in [-0.2, 0) is 6.42 Å². The minimum Gasteiger partial charge on any atom is -0.497 e. The lowest BCUT2D eigenvalue weighted by Gasteiger charge is -2.01. The van der Waals surface area contributed by atoms with Gasteiger partial charge in [-0.3, -0.25) is 4.79 Å². The van der Waals surface area contributed by atoms with Crippen molar-refractivity contribution in [3.05, 3.63) is 94.0 Å². The molecule has 8 heteroatoms. The molecule has 1 amide bonds. The number of ether oxygens (including phenoxy) is 1. The summed E-state index contributed by atoms with van der Waals surface area (Å²) in [6.45, 7) is 0. The van der Waals surface area contributed by atoms with Crippen LogP contribution in [0.4, 0.5) is 4.39 Å². The van der Waals surface area contributed by atoms with Crippen LogP contribution in [0.2, 0.25) is 5.02 Å². The van der Waals surface area contributed by atoms with Gasteiger partial charge < -0.3 is 9.72 Å². The fraction of sp³-hybridized carbons (Fsp3) is 0.0870. The van der Waals surface area contributed by atoms with E-state index < -0.39 is 11.7 Å². The highest BCUT2D eigenvalue weighted by molar-refractivity contribution is 6.33. The van der Waals surface area contributed by atoms with E-state index in [2.05, 4.69) is 20.5 Å². The van der Waals surface area contributed by atoms with Gasteiger partial charge in [0.15, 0.2) is 0 Å². The SMILES string of the molecule is COc1ccc(Cc2nc3ccc(C(=O)N/N=C\c4c(F)cccc4Cl)cc3[nH]2)cc1. The van der Waals surface area contributed by atoms with Gasteiger partial charge in [-0.2, -0.15) is 5.10 Å². The highest BCUT2D eigenvalue weighted by Gasteiger charge is 2.10. The first-order chi connectivity index (χ1) is 15.0. The monoisotopic (exact) mass is 436 g/mol. The summed E-state index contributed by atoms with van der Waals surface area (Å²) in [6, 6.07) is 17.2. The molecule has 4 rings (SSSR count). The molecule has 2 N–H and O–H groups in total. The third-order valence-corrected chi connectivity index (χ3v) is 5.01. The second kappa shape index (κ2) is 8.97. The number of rotatable bonds is 6. The van der Waals surface area contributed by atoms with Gasteiger partial charge in [0.1, 0.15) is 17.4 Å². The zero-order valence-electron chi connectivity index (χ0n) is 16.5. The van der Waals surface area contributed by atoms with Gasteiger partial charge in [0.05, 0.1) is 29.4 Å². The van der Waals surface area contributed by atoms with Crippen LogP contribution in [-0.4, -0.2) is 29.2 Å². The quantitative estimate of drug-likeness (QED) is 0.339. The number of methoxy groups -OCH3 is 1. The summed E-state index contributed by atoms with van der Waals surface area (Å²) in [4.78, 5) is 20.2. The van der Waals surface area contributed by atoms with E-state index in [1.165, 1.54) is 18.3 Å². The minimum atomic E-state index is -0.520. The number of hydrazone groups is 1. The maximum absolute atomic E-state index is 13.8. The lowest BCUT2D eigenvalue weighted by Crippen LogP contribution is -2.17. The number of H-pyrrole nitrogens is 1. The standard InChI is InChI=1S/C23H18ClFN4O2/c1-31-16-8-5-14(6-9-16)11-22-27-20-10-7-15(12-21(20)28-22)23(30)29-26-13-17-18(24)3-2-4-19(17)25/h2-10,12-13H,11H2,1H3,(H,27,28)(H,29,30)/b26-13-. The maximum Gasteiger partial charge on any atom is 0.271 e. The molecule has 1 aromatic heterocycles. The Morgan fingerprint density at radius 3 is 2.77 bits per heavy atom. The zero-order chi connectivity index (χ0) is 21.8. The number of carbonyl (C=O) groups is 1. The molecule has 1 heterocycles. The Kier molecular flexibility index (Phi) is 5.95. The summed E-state index contributed by atoms with van der Waals surface area (Å²) >= 11 is 5.94. The fourth-order valence-corrected chi connectivity index (χ4v) is 3.29. The van der Waals surface area contributed by atoms with Crippen LogP contribution in [0.25, 0.3) is 11.0 Å². The van der Waals surface area contributed by atoms with Crippen molar-refractivity contribution in [3.63, 3.8) is 0 Å². The molecular weight excluding hydrogens is 419 g/mol. The molecule has 31 heavy (non-hydrogen) atoms. The molecule has 0 saturated heterocycles. The van der Waals surface area contributed by atoms with Gasteiger partial charge in [-0.25, -0.2) is 14.8 Å². The van der Waals surface area contributed by atoms with E-state index in [9.17, 15) is 9.18 Å². The second-order valence-electron chi connectivity index (χ2n) is 6.77. The predicted molar refractivity (Wildman–Crippen MR) is 118 cm³/mol. The predicted octanol–water partition coefficient (Wildman–Crippen LogP) is 4.72. The number of benzene rings is 3. The van der Waals surface area contributed by atoms with E-state index in [0.717, 1.165) is 28.2 Å². The van der Waals surface area contributed by atoms with Gasteiger partial charge in [-0.1, -0.05) is 29.8 Å². The van der Waals surface area contributed by atoms with E-state index in [-0.39, 0.29) is 10.6 Å². The smallest absolute Gasteiger partial charge is 0.271 e. The lowest BCUT2D eigenvalue weighted by molar-refractivity contribution is 0.0955. The number of imidazole rings is 1. The van der Waals surface area contributed by atoms with Gasteiger partial charge >= 0.3 is 0 Å². The Balaban J connectivity index is 1.47. The molecule has 0 radical (unpaired) electrons. The number of nitrogens with one attached hydrogen (secondary N) is 2. The third-order valence-electron chi connectivity index (χ3n) is 4.68. The number of carbonyl (C=O) groups excluding carboxylic acids is 1. The average molecular weight is 437 g/mol. The molecule has 0 fully saturated rings. The van der Waals surface area contributed by atoms with Crippen LogP contribution in [0.1, 0.15) is 27.3 Å². The first kappa shape index (κ1) is 20.6. The van der Waals surface area contributed by atoms with Crippen molar-refractivity contribution in [2.45, 2.75) is 6.42 Å². The number of nitrogens with zero attached hydrogens (tertiary/aromatic N) is 2. The second-order valence-corrected chi connectivity index (χ2v) is 7.18. The molecule has 4 aromatic rings. The molecule has 0 unspecified atom stereocenters. The Morgan fingerprint density at radius 1 is 1.23 bits per heavy atom. The zero-order valence-corrected chi connectivity index (χ0v) is 17.3. The summed E-state index contributed by atoms with van der Waals surface area (Å²) in [5.74, 6) is 0.625. The summed E-state index contributed by atoms with van der Waals surface area (Å²) in [5, 5.41) is 4.02. The fourth-order valence-electron chi connectivity index (χ4n) is 3.08. The van der Waals surface area contributed by atoms with Gasteiger partial charge in [0, 0.05) is 17.5 Å². The van der Waals surface area contributed by atoms with E-state index in [0.29, 0.717) is 12.0 Å². The van der Waals surface area contributed by atoms with E-state index in [4.69, 9.17) is 16.3 Å². The Hall–Kier alpha value is -3.71. The van der Waals surface area contributed by atoms with Gasteiger partial charge in [0.2, 0.25) is 0 Å². The number of halogens is 2. The van der Waals surface area contributed by atoms with Crippen molar-refractivity contribution < 1.29 is 13.9 Å². The van der Waals surface area contributed by atoms with Crippen molar-refractivity contribution in [2.75, 3.05) is 7.11 Å².